The maximum absolute atomic E-state index is 9.82. The first-order chi connectivity index (χ1) is 4.77. The van der Waals surface area contributed by atoms with Gasteiger partial charge in [0.2, 0.25) is 0 Å². The van der Waals surface area contributed by atoms with Crippen LogP contribution in [0.15, 0.2) is 0 Å². The molecule has 0 saturated heterocycles. The molecule has 0 bridgehead atoms. The van der Waals surface area contributed by atoms with Crippen LogP contribution in [0.2, 0.25) is 0 Å². The number of hydrogen-bond donors (Lipinski definition) is 1. The first kappa shape index (κ1) is 13.1. The zero-order valence-corrected chi connectivity index (χ0v) is 10.7. The minimum atomic E-state index is -0.807. The molecule has 0 aliphatic carbocycles. The topological polar surface area (TPSA) is 37.3 Å². The zero-order valence-electron chi connectivity index (χ0n) is 6.14. The Morgan fingerprint density at radius 2 is 2.20 bits per heavy atom. The molecule has 4 heteroatoms. The summed E-state index contributed by atoms with van der Waals surface area (Å²) in [5, 5.41) is 8.08. The van der Waals surface area contributed by atoms with Crippen molar-refractivity contribution >= 4 is 19.6 Å². The van der Waals surface area contributed by atoms with E-state index in [1.165, 1.54) is 22.8 Å². The van der Waals surface area contributed by atoms with Crippen LogP contribution in [0.1, 0.15) is 26.2 Å². The summed E-state index contributed by atoms with van der Waals surface area (Å²) in [5.41, 5.74) is 0. The standard InChI is InChI=1S/C6H11O2.BrH.Zn/c1-2-3-4-5-6(7)8;;/h5H,2-4H2,1H3,(H,7,8);1H;/q-1;;+2/p-1. The van der Waals surface area contributed by atoms with Gasteiger partial charge in [0.15, 0.2) is 5.97 Å². The average Bonchev–Trinajstić information content (AvgIpc) is 1.92. The summed E-state index contributed by atoms with van der Waals surface area (Å²) in [5.74, 6) is -0.807. The van der Waals surface area contributed by atoms with Gasteiger partial charge in [-0.15, -0.1) is 0 Å². The Morgan fingerprint density at radius 3 is 2.50 bits per heavy atom. The molecule has 0 atom stereocenters. The number of halogens is 1. The summed E-state index contributed by atoms with van der Waals surface area (Å²) in [7, 11) is 0. The monoisotopic (exact) mass is 258 g/mol. The Kier molecular flexibility index (Phi) is 15.9. The minimum absolute atomic E-state index is 0.700. The number of aliphatic carboxylic acids is 1. The van der Waals surface area contributed by atoms with E-state index in [1.807, 2.05) is 6.92 Å². The number of rotatable bonds is 4. The van der Waals surface area contributed by atoms with E-state index in [9.17, 15) is 4.79 Å². The molecule has 0 aromatic carbocycles. The van der Waals surface area contributed by atoms with E-state index in [0.29, 0.717) is 6.42 Å². The van der Waals surface area contributed by atoms with Gasteiger partial charge in [-0.3, -0.25) is 11.2 Å². The van der Waals surface area contributed by atoms with Crippen LogP contribution in [0.3, 0.4) is 0 Å². The first-order valence-corrected chi connectivity index (χ1v) is 10.0. The van der Waals surface area contributed by atoms with Gasteiger partial charge in [-0.25, -0.2) is 0 Å². The molecule has 0 rings (SSSR count). The summed E-state index contributed by atoms with van der Waals surface area (Å²) in [6.45, 7) is 2.04. The predicted octanol–water partition coefficient (Wildman–Crippen LogP) is 2.31. The van der Waals surface area contributed by atoms with Crippen molar-refractivity contribution in [3.8, 4) is 0 Å². The van der Waals surface area contributed by atoms with Gasteiger partial charge in [0.25, 0.3) is 0 Å². The molecule has 56 valence electrons. The van der Waals surface area contributed by atoms with Crippen LogP contribution < -0.4 is 0 Å². The number of unbranched alkanes of at least 4 members (excludes halogenated alkanes) is 2. The Labute approximate surface area is 78.4 Å². The SMILES string of the molecule is CCCC[CH-]C(=O)O.[Zn+][Br]. The molecule has 0 radical (unpaired) electrons. The van der Waals surface area contributed by atoms with Crippen molar-refractivity contribution in [2.75, 3.05) is 0 Å². The molecular formula is C6H11BrO2Zn. The fraction of sp³-hybridized carbons (Fsp3) is 0.667. The third kappa shape index (κ3) is 15.8. The van der Waals surface area contributed by atoms with E-state index in [-0.39, 0.29) is 0 Å². The second-order valence-corrected chi connectivity index (χ2v) is 1.68. The maximum atomic E-state index is 9.82. The Balaban J connectivity index is 0. The van der Waals surface area contributed by atoms with E-state index in [0.717, 1.165) is 12.8 Å². The van der Waals surface area contributed by atoms with E-state index in [4.69, 9.17) is 5.11 Å². The first-order valence-electron chi connectivity index (χ1n) is 3.10. The molecule has 0 unspecified atom stereocenters. The average molecular weight is 260 g/mol. The fourth-order valence-corrected chi connectivity index (χ4v) is 0.430. The van der Waals surface area contributed by atoms with Gasteiger partial charge in [-0.1, -0.05) is 19.8 Å². The van der Waals surface area contributed by atoms with Crippen molar-refractivity contribution in [1.29, 1.82) is 0 Å². The molecular weight excluding hydrogens is 249 g/mol. The Hall–Kier alpha value is 0.443. The molecule has 10 heavy (non-hydrogen) atoms. The Bertz CT molecular complexity index is 78.1. The van der Waals surface area contributed by atoms with Gasteiger partial charge in [-0.05, 0) is 0 Å². The second kappa shape index (κ2) is 12.2. The van der Waals surface area contributed by atoms with Gasteiger partial charge in [-0.2, -0.15) is 6.42 Å². The van der Waals surface area contributed by atoms with Crippen molar-refractivity contribution in [3.05, 3.63) is 6.42 Å². The Morgan fingerprint density at radius 1 is 1.70 bits per heavy atom. The van der Waals surface area contributed by atoms with E-state index < -0.39 is 5.97 Å². The quantitative estimate of drug-likeness (QED) is 0.478. The summed E-state index contributed by atoms with van der Waals surface area (Å²) >= 11 is 4.25. The van der Waals surface area contributed by atoms with Gasteiger partial charge >= 0.3 is 30.0 Å². The van der Waals surface area contributed by atoms with E-state index in [1.54, 1.807) is 0 Å². The molecule has 0 spiro atoms. The summed E-state index contributed by atoms with van der Waals surface area (Å²) in [6, 6.07) is 0. The number of hydrogen-bond acceptors (Lipinski definition) is 1. The molecule has 1 N–H and O–H groups in total. The number of carboxylic acid groups (broad SMARTS) is 1. The van der Waals surface area contributed by atoms with Crippen LogP contribution in [-0.2, 0) is 21.1 Å². The number of carboxylic acids is 1. The normalized spacial score (nSPS) is 7.60. The van der Waals surface area contributed by atoms with Crippen LogP contribution >= 0.6 is 13.6 Å². The summed E-state index contributed by atoms with van der Waals surface area (Å²) in [6.07, 6.45) is 4.03. The molecule has 0 heterocycles. The van der Waals surface area contributed by atoms with Crippen molar-refractivity contribution in [3.63, 3.8) is 0 Å². The second-order valence-electron chi connectivity index (χ2n) is 1.68. The van der Waals surface area contributed by atoms with Crippen molar-refractivity contribution in [2.24, 2.45) is 0 Å². The number of carbonyl (C=O) groups is 1. The third-order valence-electron chi connectivity index (χ3n) is 0.877. The van der Waals surface area contributed by atoms with Crippen LogP contribution in [0.4, 0.5) is 0 Å². The third-order valence-corrected chi connectivity index (χ3v) is 0.877. The van der Waals surface area contributed by atoms with Crippen molar-refractivity contribution in [1.82, 2.24) is 0 Å². The van der Waals surface area contributed by atoms with Crippen LogP contribution in [0.5, 0.6) is 0 Å². The summed E-state index contributed by atoms with van der Waals surface area (Å²) < 4.78 is 0. The van der Waals surface area contributed by atoms with Crippen LogP contribution in [-0.4, -0.2) is 11.1 Å². The summed E-state index contributed by atoms with van der Waals surface area (Å²) in [4.78, 5) is 9.82. The van der Waals surface area contributed by atoms with Crippen molar-refractivity contribution in [2.45, 2.75) is 26.2 Å². The molecule has 0 aromatic heterocycles. The van der Waals surface area contributed by atoms with E-state index in [2.05, 4.69) is 13.6 Å². The fourth-order valence-electron chi connectivity index (χ4n) is 0.430. The molecule has 0 aromatic rings. The van der Waals surface area contributed by atoms with Gasteiger partial charge in [0.05, 0.1) is 0 Å². The predicted molar refractivity (Wildman–Crippen MR) is 40.4 cm³/mol. The molecule has 0 aliphatic heterocycles. The molecule has 0 saturated carbocycles. The van der Waals surface area contributed by atoms with Gasteiger partial charge in [0.1, 0.15) is 0 Å². The van der Waals surface area contributed by atoms with E-state index >= 15 is 0 Å². The molecule has 2 nitrogen and oxygen atoms in total. The molecule has 0 fully saturated rings. The van der Waals surface area contributed by atoms with Gasteiger partial charge in [0, 0.05) is 0 Å². The van der Waals surface area contributed by atoms with Gasteiger partial charge < -0.3 is 5.11 Å². The van der Waals surface area contributed by atoms with Crippen LogP contribution in [0, 0.1) is 6.42 Å². The van der Waals surface area contributed by atoms with Crippen molar-refractivity contribution < 1.29 is 26.2 Å². The molecule has 0 aliphatic rings. The molecule has 0 amide bonds. The van der Waals surface area contributed by atoms with Crippen LogP contribution in [0.25, 0.3) is 0 Å². The zero-order chi connectivity index (χ0) is 8.41.